The third-order valence-corrected chi connectivity index (χ3v) is 5.03. The highest BCUT2D eigenvalue weighted by molar-refractivity contribution is 7.22. The Balaban J connectivity index is 1.50. The number of fused-ring (bicyclic) bond motifs is 2. The molecule has 116 valence electrons. The van der Waals surface area contributed by atoms with Crippen molar-refractivity contribution in [2.45, 2.75) is 6.42 Å². The summed E-state index contributed by atoms with van der Waals surface area (Å²) in [7, 11) is 1.63. The molecule has 3 aromatic heterocycles. The number of methoxy groups -OCH3 is 1. The SMILES string of the molecule is COc1ccc2nc(NC(=O)Cc3cn4ccsc4n3)sc2c1. The highest BCUT2D eigenvalue weighted by Gasteiger charge is 2.11. The Morgan fingerprint density at radius 3 is 3.13 bits per heavy atom. The Morgan fingerprint density at radius 1 is 1.39 bits per heavy atom. The number of hydrogen-bond acceptors (Lipinski definition) is 6. The van der Waals surface area contributed by atoms with Crippen LogP contribution in [0.1, 0.15) is 5.69 Å². The van der Waals surface area contributed by atoms with E-state index in [2.05, 4.69) is 15.3 Å². The van der Waals surface area contributed by atoms with Crippen LogP contribution in [0.4, 0.5) is 5.13 Å². The zero-order valence-electron chi connectivity index (χ0n) is 12.1. The van der Waals surface area contributed by atoms with Crippen LogP contribution in [0.3, 0.4) is 0 Å². The third-order valence-electron chi connectivity index (χ3n) is 3.33. The Labute approximate surface area is 139 Å². The molecule has 0 fully saturated rings. The molecule has 0 saturated heterocycles. The summed E-state index contributed by atoms with van der Waals surface area (Å²) < 4.78 is 8.08. The second kappa shape index (κ2) is 5.64. The van der Waals surface area contributed by atoms with Crippen LogP contribution < -0.4 is 10.1 Å². The molecule has 1 aromatic carbocycles. The van der Waals surface area contributed by atoms with Crippen molar-refractivity contribution in [1.29, 1.82) is 0 Å². The highest BCUT2D eigenvalue weighted by atomic mass is 32.1. The number of nitrogens with zero attached hydrogens (tertiary/aromatic N) is 3. The first-order valence-electron chi connectivity index (χ1n) is 6.87. The lowest BCUT2D eigenvalue weighted by atomic mass is 10.3. The fraction of sp³-hybridized carbons (Fsp3) is 0.133. The van der Waals surface area contributed by atoms with Gasteiger partial charge in [0.15, 0.2) is 10.1 Å². The second-order valence-electron chi connectivity index (χ2n) is 4.90. The minimum Gasteiger partial charge on any atom is -0.497 e. The van der Waals surface area contributed by atoms with Crippen LogP contribution in [-0.4, -0.2) is 27.4 Å². The number of thiazole rings is 2. The number of carbonyl (C=O) groups is 1. The fourth-order valence-corrected chi connectivity index (χ4v) is 3.90. The standard InChI is InChI=1S/C15H12N4O2S2/c1-21-10-2-3-11-12(7-10)23-14(17-11)18-13(20)6-9-8-19-4-5-22-15(19)16-9/h2-5,7-8H,6H2,1H3,(H,17,18,20). The molecule has 0 aliphatic heterocycles. The van der Waals surface area contributed by atoms with Crippen molar-refractivity contribution in [2.24, 2.45) is 0 Å². The number of carbonyl (C=O) groups excluding carboxylic acids is 1. The predicted molar refractivity (Wildman–Crippen MR) is 91.6 cm³/mol. The lowest BCUT2D eigenvalue weighted by Gasteiger charge is -1.98. The highest BCUT2D eigenvalue weighted by Crippen LogP contribution is 2.29. The molecule has 0 bridgehead atoms. The molecule has 8 heteroatoms. The Kier molecular flexibility index (Phi) is 3.47. The molecule has 4 aromatic rings. The molecule has 0 spiro atoms. The van der Waals surface area contributed by atoms with Gasteiger partial charge in [-0.3, -0.25) is 9.20 Å². The quantitative estimate of drug-likeness (QED) is 0.617. The van der Waals surface area contributed by atoms with Gasteiger partial charge in [-0.15, -0.1) is 11.3 Å². The Bertz CT molecular complexity index is 973. The Morgan fingerprint density at radius 2 is 2.30 bits per heavy atom. The molecule has 0 radical (unpaired) electrons. The maximum absolute atomic E-state index is 12.2. The maximum Gasteiger partial charge on any atom is 0.232 e. The topological polar surface area (TPSA) is 68.5 Å². The van der Waals surface area contributed by atoms with Gasteiger partial charge in [-0.1, -0.05) is 11.3 Å². The number of nitrogens with one attached hydrogen (secondary N) is 1. The molecule has 0 unspecified atom stereocenters. The molecule has 6 nitrogen and oxygen atoms in total. The maximum atomic E-state index is 12.2. The lowest BCUT2D eigenvalue weighted by molar-refractivity contribution is -0.115. The molecule has 1 amide bonds. The van der Waals surface area contributed by atoms with Crippen LogP contribution in [0, 0.1) is 0 Å². The van der Waals surface area contributed by atoms with Gasteiger partial charge < -0.3 is 10.1 Å². The first-order chi connectivity index (χ1) is 11.2. The van der Waals surface area contributed by atoms with E-state index in [-0.39, 0.29) is 12.3 Å². The summed E-state index contributed by atoms with van der Waals surface area (Å²) in [5.41, 5.74) is 1.59. The van der Waals surface area contributed by atoms with Gasteiger partial charge in [0.05, 0.1) is 29.4 Å². The average Bonchev–Trinajstić information content (AvgIpc) is 3.19. The normalized spacial score (nSPS) is 11.2. The van der Waals surface area contributed by atoms with Gasteiger partial charge in [-0.2, -0.15) is 0 Å². The molecule has 3 heterocycles. The van der Waals surface area contributed by atoms with Crippen LogP contribution >= 0.6 is 22.7 Å². The molecule has 4 rings (SSSR count). The number of benzene rings is 1. The number of anilines is 1. The summed E-state index contributed by atoms with van der Waals surface area (Å²) in [5, 5.41) is 5.38. The number of imidazole rings is 1. The minimum absolute atomic E-state index is 0.123. The first-order valence-corrected chi connectivity index (χ1v) is 8.56. The number of amides is 1. The summed E-state index contributed by atoms with van der Waals surface area (Å²) in [6.07, 6.45) is 4.03. The summed E-state index contributed by atoms with van der Waals surface area (Å²) in [6, 6.07) is 5.64. The monoisotopic (exact) mass is 344 g/mol. The van der Waals surface area contributed by atoms with Crippen LogP contribution in [0.15, 0.2) is 36.0 Å². The predicted octanol–water partition coefficient (Wildman–Crippen LogP) is 3.20. The van der Waals surface area contributed by atoms with E-state index in [1.165, 1.54) is 11.3 Å². The van der Waals surface area contributed by atoms with E-state index >= 15 is 0 Å². The first kappa shape index (κ1) is 14.2. The number of ether oxygens (including phenoxy) is 1. The van der Waals surface area contributed by atoms with Crippen molar-refractivity contribution < 1.29 is 9.53 Å². The minimum atomic E-state index is -0.123. The number of rotatable bonds is 4. The molecule has 0 aliphatic rings. The molecule has 1 N–H and O–H groups in total. The van der Waals surface area contributed by atoms with Crippen molar-refractivity contribution in [2.75, 3.05) is 12.4 Å². The van der Waals surface area contributed by atoms with Gasteiger partial charge in [0.1, 0.15) is 5.75 Å². The van der Waals surface area contributed by atoms with E-state index in [1.807, 2.05) is 40.4 Å². The summed E-state index contributed by atoms with van der Waals surface area (Å²) in [5.74, 6) is 0.652. The fourth-order valence-electron chi connectivity index (χ4n) is 2.27. The van der Waals surface area contributed by atoms with Crippen molar-refractivity contribution in [1.82, 2.24) is 14.4 Å². The van der Waals surface area contributed by atoms with Gasteiger partial charge in [-0.05, 0) is 18.2 Å². The zero-order valence-corrected chi connectivity index (χ0v) is 13.8. The van der Waals surface area contributed by atoms with Gasteiger partial charge in [0.25, 0.3) is 0 Å². The van der Waals surface area contributed by atoms with Crippen LogP contribution in [0.2, 0.25) is 0 Å². The summed E-state index contributed by atoms with van der Waals surface area (Å²) in [6.45, 7) is 0. The van der Waals surface area contributed by atoms with Crippen LogP contribution in [-0.2, 0) is 11.2 Å². The Hall–Kier alpha value is -2.45. The van der Waals surface area contributed by atoms with Gasteiger partial charge in [-0.25, -0.2) is 9.97 Å². The van der Waals surface area contributed by atoms with Crippen molar-refractivity contribution in [3.8, 4) is 5.75 Å². The number of aromatic nitrogens is 3. The largest absolute Gasteiger partial charge is 0.497 e. The molecule has 0 atom stereocenters. The molecular formula is C15H12N4O2S2. The summed E-state index contributed by atoms with van der Waals surface area (Å²) in [4.78, 5) is 21.9. The third kappa shape index (κ3) is 2.78. The van der Waals surface area contributed by atoms with E-state index in [0.29, 0.717) is 5.13 Å². The summed E-state index contributed by atoms with van der Waals surface area (Å²) >= 11 is 2.97. The van der Waals surface area contributed by atoms with Crippen LogP contribution in [0.5, 0.6) is 5.75 Å². The van der Waals surface area contributed by atoms with Crippen molar-refractivity contribution >= 4 is 48.9 Å². The van der Waals surface area contributed by atoms with Gasteiger partial charge in [0.2, 0.25) is 5.91 Å². The van der Waals surface area contributed by atoms with Gasteiger partial charge >= 0.3 is 0 Å². The average molecular weight is 344 g/mol. The number of hydrogen-bond donors (Lipinski definition) is 1. The van der Waals surface area contributed by atoms with E-state index in [9.17, 15) is 4.79 Å². The molecule has 23 heavy (non-hydrogen) atoms. The van der Waals surface area contributed by atoms with E-state index in [0.717, 1.165) is 26.6 Å². The van der Waals surface area contributed by atoms with E-state index in [1.54, 1.807) is 18.4 Å². The molecular weight excluding hydrogens is 332 g/mol. The van der Waals surface area contributed by atoms with E-state index < -0.39 is 0 Å². The molecule has 0 saturated carbocycles. The smallest absolute Gasteiger partial charge is 0.232 e. The molecule has 0 aliphatic carbocycles. The van der Waals surface area contributed by atoms with Crippen molar-refractivity contribution in [3.63, 3.8) is 0 Å². The van der Waals surface area contributed by atoms with E-state index in [4.69, 9.17) is 4.74 Å². The lowest BCUT2D eigenvalue weighted by Crippen LogP contribution is -2.14. The van der Waals surface area contributed by atoms with Gasteiger partial charge in [0, 0.05) is 17.8 Å². The van der Waals surface area contributed by atoms with Crippen LogP contribution in [0.25, 0.3) is 15.2 Å². The second-order valence-corrected chi connectivity index (χ2v) is 6.81. The van der Waals surface area contributed by atoms with Crippen molar-refractivity contribution in [3.05, 3.63) is 41.7 Å². The zero-order chi connectivity index (χ0) is 15.8.